The quantitative estimate of drug-likeness (QED) is 0.234. The van der Waals surface area contributed by atoms with Gasteiger partial charge < -0.3 is 5.71 Å². The maximum Gasteiger partial charge on any atom is 2.00 e. The average molecular weight is 330 g/mol. The van der Waals surface area contributed by atoms with Gasteiger partial charge in [0.15, 0.2) is 0 Å². The van der Waals surface area contributed by atoms with Crippen LogP contribution >= 0.6 is 0 Å². The van der Waals surface area contributed by atoms with Crippen molar-refractivity contribution in [3.8, 4) is 0 Å². The van der Waals surface area contributed by atoms with Crippen LogP contribution in [0.2, 0.25) is 0 Å². The third-order valence-corrected chi connectivity index (χ3v) is 0. The molecule has 0 rings (SSSR count). The molecule has 86 valence electrons. The molecule has 0 saturated heterocycles. The first-order chi connectivity index (χ1) is 5.20. The van der Waals surface area contributed by atoms with E-state index in [0.717, 1.165) is 0 Å². The zero-order valence-corrected chi connectivity index (χ0v) is 13.4. The minimum absolute atomic E-state index is 0. The average Bonchev–Trinajstić information content (AvgIpc) is 1.54. The molecule has 14 heavy (non-hydrogen) atoms. The molecule has 0 spiro atoms. The molecule has 0 aliphatic heterocycles. The molecule has 0 radical (unpaired) electrons. The first-order valence-corrected chi connectivity index (χ1v) is 4.79. The summed E-state index contributed by atoms with van der Waals surface area (Å²) in [6.07, 6.45) is 0. The van der Waals surface area contributed by atoms with Gasteiger partial charge in [-0.3, -0.25) is 27.3 Å². The van der Waals surface area contributed by atoms with Gasteiger partial charge in [0.2, 0.25) is 0 Å². The Kier molecular flexibility index (Phi) is 53.3. The zero-order chi connectivity index (χ0) is 10.7. The molecule has 0 saturated carbocycles. The summed E-state index contributed by atoms with van der Waals surface area (Å²) in [5.41, 5.74) is 0. The topological polar surface area (TPSA) is 173 Å². The first-order valence-electron chi connectivity index (χ1n) is 1.60. The molecule has 0 aromatic rings. The van der Waals surface area contributed by atoms with E-state index >= 15 is 0 Å². The van der Waals surface area contributed by atoms with Crippen LogP contribution in [0.25, 0.3) is 0 Å². The fourth-order valence-corrected chi connectivity index (χ4v) is 0. The fourth-order valence-electron chi connectivity index (χ4n) is 0. The van der Waals surface area contributed by atoms with Crippen molar-refractivity contribution < 1.29 is 45.6 Å². The summed E-state index contributed by atoms with van der Waals surface area (Å²) in [6.45, 7) is 0. The zero-order valence-electron chi connectivity index (χ0n) is 10.5. The SMILES string of the molecule is O=S(O)O.O=S(O)O.O=S(O)O.[Ca+2].[Ca+2].[H-].[H-].[H-].[H-]. The van der Waals surface area contributed by atoms with Gasteiger partial charge in [-0.2, -0.15) is 12.6 Å². The molecule has 0 heterocycles. The van der Waals surface area contributed by atoms with Crippen LogP contribution in [0.4, 0.5) is 0 Å². The molecular formula is H10Ca2O9S3. The number of hydrogen-bond donors (Lipinski definition) is 6. The molecule has 0 fully saturated rings. The van der Waals surface area contributed by atoms with Gasteiger partial charge in [0.05, 0.1) is 0 Å². The summed E-state index contributed by atoms with van der Waals surface area (Å²) in [4.78, 5) is 0. The van der Waals surface area contributed by atoms with E-state index in [-0.39, 0.29) is 81.2 Å². The summed E-state index contributed by atoms with van der Waals surface area (Å²) in [6, 6.07) is 0. The van der Waals surface area contributed by atoms with Crippen molar-refractivity contribution in [1.82, 2.24) is 0 Å². The van der Waals surface area contributed by atoms with Crippen LogP contribution in [-0.2, 0) is 34.1 Å². The van der Waals surface area contributed by atoms with Crippen LogP contribution in [0.5, 0.6) is 0 Å². The maximum absolute atomic E-state index is 8.67. The monoisotopic (exact) mass is 330 g/mol. The standard InChI is InChI=1S/2Ca.3H2O3S.4H/c;;3*1-4(2)3;;;;/h;;3*(H2,1,2,3);;;;/q2*+2;;;;4*-1. The third-order valence-electron chi connectivity index (χ3n) is 0. The van der Waals surface area contributed by atoms with E-state index in [4.69, 9.17) is 39.9 Å². The van der Waals surface area contributed by atoms with Gasteiger partial charge in [-0.25, -0.2) is 0 Å². The summed E-state index contributed by atoms with van der Waals surface area (Å²) in [5.74, 6) is 0. The van der Waals surface area contributed by atoms with Crippen LogP contribution < -0.4 is 0 Å². The van der Waals surface area contributed by atoms with Gasteiger partial charge in [0, 0.05) is 0 Å². The molecule has 9 nitrogen and oxygen atoms in total. The van der Waals surface area contributed by atoms with E-state index in [0.29, 0.717) is 0 Å². The molecule has 6 N–H and O–H groups in total. The number of hydrogen-bond acceptors (Lipinski definition) is 3. The summed E-state index contributed by atoms with van der Waals surface area (Å²) >= 11 is -7.83. The molecule has 0 unspecified atom stereocenters. The van der Waals surface area contributed by atoms with Crippen LogP contribution in [0.15, 0.2) is 0 Å². The van der Waals surface area contributed by atoms with Crippen molar-refractivity contribution in [3.63, 3.8) is 0 Å². The fraction of sp³-hybridized carbons (Fsp3) is 0. The Hall–Kier alpha value is 2.73. The van der Waals surface area contributed by atoms with Gasteiger partial charge in [-0.05, 0) is 0 Å². The van der Waals surface area contributed by atoms with Gasteiger partial charge >= 0.3 is 75.5 Å². The Morgan fingerprint density at radius 3 is 0.571 bits per heavy atom. The van der Waals surface area contributed by atoms with Crippen molar-refractivity contribution in [2.24, 2.45) is 0 Å². The summed E-state index contributed by atoms with van der Waals surface area (Å²) in [7, 11) is 0. The predicted molar refractivity (Wildman–Crippen MR) is 56.2 cm³/mol. The van der Waals surface area contributed by atoms with Crippen molar-refractivity contribution in [2.45, 2.75) is 0 Å². The molecule has 0 bridgehead atoms. The second kappa shape index (κ2) is 24.8. The van der Waals surface area contributed by atoms with Gasteiger partial charge in [0.25, 0.3) is 34.1 Å². The second-order valence-electron chi connectivity index (χ2n) is 0.692. The van der Waals surface area contributed by atoms with Gasteiger partial charge in [-0.1, -0.05) is 0 Å². The van der Waals surface area contributed by atoms with Crippen molar-refractivity contribution >= 4 is 110 Å². The van der Waals surface area contributed by atoms with Crippen LogP contribution in [0.1, 0.15) is 5.71 Å². The van der Waals surface area contributed by atoms with E-state index < -0.39 is 34.1 Å². The molecule has 0 aromatic carbocycles. The predicted octanol–water partition coefficient (Wildman–Crippen LogP) is -1.27. The van der Waals surface area contributed by atoms with Crippen molar-refractivity contribution in [1.29, 1.82) is 0 Å². The molecule has 0 amide bonds. The van der Waals surface area contributed by atoms with Gasteiger partial charge in [-0.15, -0.1) is 0 Å². The Balaban J connectivity index is -0.00000000827. The Bertz CT molecular complexity index is 129. The normalized spacial score (nSPS) is 7.50. The minimum atomic E-state index is -2.61. The molecule has 0 aromatic heterocycles. The smallest absolute Gasteiger partial charge is 1.00 e. The van der Waals surface area contributed by atoms with E-state index in [1.807, 2.05) is 0 Å². The van der Waals surface area contributed by atoms with E-state index in [2.05, 4.69) is 0 Å². The Morgan fingerprint density at radius 2 is 0.571 bits per heavy atom. The minimum Gasteiger partial charge on any atom is -1.00 e. The van der Waals surface area contributed by atoms with Crippen LogP contribution in [0.3, 0.4) is 0 Å². The van der Waals surface area contributed by atoms with E-state index in [1.54, 1.807) is 0 Å². The van der Waals surface area contributed by atoms with Crippen LogP contribution in [0, 0.1) is 0 Å². The van der Waals surface area contributed by atoms with Gasteiger partial charge in [0.1, 0.15) is 0 Å². The molecular weight excluding hydrogens is 320 g/mol. The maximum atomic E-state index is 8.67. The Labute approximate surface area is 153 Å². The largest absolute Gasteiger partial charge is 2.00 e. The van der Waals surface area contributed by atoms with Crippen molar-refractivity contribution in [2.75, 3.05) is 0 Å². The summed E-state index contributed by atoms with van der Waals surface area (Å²) in [5, 5.41) is 0. The summed E-state index contributed by atoms with van der Waals surface area (Å²) < 4.78 is 68.5. The number of rotatable bonds is 0. The van der Waals surface area contributed by atoms with Crippen LogP contribution in [-0.4, -0.2) is 115 Å². The van der Waals surface area contributed by atoms with E-state index in [1.165, 1.54) is 0 Å². The molecule has 14 heteroatoms. The molecule has 0 aliphatic rings. The Morgan fingerprint density at radius 1 is 0.571 bits per heavy atom. The first kappa shape index (κ1) is 30.1. The third kappa shape index (κ3) is 373. The van der Waals surface area contributed by atoms with Crippen molar-refractivity contribution in [3.05, 3.63) is 0 Å². The second-order valence-corrected chi connectivity index (χ2v) is 2.08. The van der Waals surface area contributed by atoms with E-state index in [9.17, 15) is 0 Å². The molecule has 0 atom stereocenters. The molecule has 0 aliphatic carbocycles.